The lowest BCUT2D eigenvalue weighted by Crippen LogP contribution is -2.49. The zero-order chi connectivity index (χ0) is 11.0. The number of nitrogens with zero attached hydrogens (tertiary/aromatic N) is 1. The second-order valence-corrected chi connectivity index (χ2v) is 3.40. The van der Waals surface area contributed by atoms with Crippen LogP contribution in [0.3, 0.4) is 0 Å². The molecular weight excluding hydrogens is 180 g/mol. The summed E-state index contributed by atoms with van der Waals surface area (Å²) in [6, 6.07) is 0. The molecule has 0 aromatic rings. The summed E-state index contributed by atoms with van der Waals surface area (Å²) in [6.45, 7) is 11.2. The molecule has 0 aliphatic heterocycles. The minimum Gasteiger partial charge on any atom is -0.444 e. The minimum atomic E-state index is -0.341. The number of rotatable bonds is 6. The van der Waals surface area contributed by atoms with Gasteiger partial charge in [0.25, 0.3) is 0 Å². The van der Waals surface area contributed by atoms with Gasteiger partial charge in [-0.25, -0.2) is 4.79 Å². The summed E-state index contributed by atoms with van der Waals surface area (Å²) in [4.78, 5) is 10.8. The van der Waals surface area contributed by atoms with Gasteiger partial charge in [0.05, 0.1) is 19.6 Å². The molecule has 0 spiro atoms. The Kier molecular flexibility index (Phi) is 6.28. The number of amides is 1. The molecule has 0 fully saturated rings. The van der Waals surface area contributed by atoms with Crippen molar-refractivity contribution in [3.8, 4) is 0 Å². The Labute approximate surface area is 86.8 Å². The first-order chi connectivity index (χ1) is 6.64. The van der Waals surface area contributed by atoms with Crippen molar-refractivity contribution in [1.29, 1.82) is 0 Å². The monoisotopic (exact) mass is 203 g/mol. The number of alkyl carbamates (subject to hydrolysis) is 1. The van der Waals surface area contributed by atoms with E-state index in [0.717, 1.165) is 30.7 Å². The van der Waals surface area contributed by atoms with Crippen molar-refractivity contribution < 1.29 is 14.0 Å². The van der Waals surface area contributed by atoms with E-state index in [-0.39, 0.29) is 6.09 Å². The van der Waals surface area contributed by atoms with E-state index >= 15 is 0 Å². The molecule has 0 aliphatic carbocycles. The van der Waals surface area contributed by atoms with Crippen molar-refractivity contribution in [2.45, 2.75) is 20.8 Å². The van der Waals surface area contributed by atoms with Crippen molar-refractivity contribution >= 4 is 6.09 Å². The highest BCUT2D eigenvalue weighted by atomic mass is 16.5. The number of nitrogens with one attached hydrogen (secondary N) is 1. The largest absolute Gasteiger partial charge is 0.444 e. The van der Waals surface area contributed by atoms with Crippen molar-refractivity contribution in [2.24, 2.45) is 0 Å². The summed E-state index contributed by atoms with van der Waals surface area (Å²) in [5.41, 5.74) is 0. The van der Waals surface area contributed by atoms with Gasteiger partial charge in [-0.15, -0.1) is 0 Å². The number of carbonyl (C=O) groups is 1. The summed E-state index contributed by atoms with van der Waals surface area (Å²) in [7, 11) is 1.57. The van der Waals surface area contributed by atoms with Crippen LogP contribution < -0.4 is 5.32 Å². The van der Waals surface area contributed by atoms with Gasteiger partial charge in [-0.2, -0.15) is 0 Å². The maximum atomic E-state index is 10.8. The van der Waals surface area contributed by atoms with E-state index in [4.69, 9.17) is 4.74 Å². The second kappa shape index (κ2) is 6.65. The molecule has 0 aliphatic rings. The molecule has 1 amide bonds. The highest BCUT2D eigenvalue weighted by Gasteiger charge is 2.20. The smallest absolute Gasteiger partial charge is 0.407 e. The molecule has 0 rings (SSSR count). The van der Waals surface area contributed by atoms with E-state index in [9.17, 15) is 4.79 Å². The fourth-order valence-electron chi connectivity index (χ4n) is 1.55. The normalized spacial score (nSPS) is 11.1. The number of carbonyl (C=O) groups excluding carboxylic acids is 1. The Morgan fingerprint density at radius 2 is 1.71 bits per heavy atom. The molecule has 1 N–H and O–H groups in total. The Morgan fingerprint density at radius 3 is 2.07 bits per heavy atom. The lowest BCUT2D eigenvalue weighted by molar-refractivity contribution is -0.923. The van der Waals surface area contributed by atoms with Gasteiger partial charge in [0, 0.05) is 7.05 Å². The van der Waals surface area contributed by atoms with Crippen LogP contribution in [0, 0.1) is 0 Å². The zero-order valence-electron chi connectivity index (χ0n) is 9.80. The number of likely N-dealkylation sites (N-methyl/N-ethyl adjacent to an activating group) is 1. The summed E-state index contributed by atoms with van der Waals surface area (Å²) >= 11 is 0. The van der Waals surface area contributed by atoms with Gasteiger partial charge in [-0.05, 0) is 20.8 Å². The van der Waals surface area contributed by atoms with Gasteiger partial charge >= 0.3 is 6.09 Å². The summed E-state index contributed by atoms with van der Waals surface area (Å²) in [6.07, 6.45) is -0.341. The Bertz CT molecular complexity index is 159. The Balaban J connectivity index is 3.88. The van der Waals surface area contributed by atoms with Gasteiger partial charge in [0.1, 0.15) is 13.2 Å². The van der Waals surface area contributed by atoms with Crippen LogP contribution >= 0.6 is 0 Å². The third-order valence-electron chi connectivity index (χ3n) is 3.02. The molecule has 0 aromatic heterocycles. The predicted octanol–water partition coefficient (Wildman–Crippen LogP) is 1.22. The van der Waals surface area contributed by atoms with E-state index in [1.165, 1.54) is 0 Å². The lowest BCUT2D eigenvalue weighted by atomic mass is 10.3. The molecule has 0 heterocycles. The van der Waals surface area contributed by atoms with E-state index in [2.05, 4.69) is 26.1 Å². The van der Waals surface area contributed by atoms with Crippen LogP contribution in [0.15, 0.2) is 0 Å². The van der Waals surface area contributed by atoms with Crippen LogP contribution in [0.2, 0.25) is 0 Å². The first-order valence-electron chi connectivity index (χ1n) is 5.33. The number of ether oxygens (including phenoxy) is 1. The average molecular weight is 203 g/mol. The molecule has 0 saturated heterocycles. The topological polar surface area (TPSA) is 38.3 Å². The zero-order valence-corrected chi connectivity index (χ0v) is 9.80. The Hall–Kier alpha value is -0.770. The van der Waals surface area contributed by atoms with Crippen LogP contribution in [0.25, 0.3) is 0 Å². The van der Waals surface area contributed by atoms with Crippen LogP contribution in [-0.2, 0) is 4.74 Å². The predicted molar refractivity (Wildman–Crippen MR) is 57.2 cm³/mol. The third kappa shape index (κ3) is 3.96. The molecule has 0 unspecified atom stereocenters. The third-order valence-corrected chi connectivity index (χ3v) is 3.02. The van der Waals surface area contributed by atoms with Crippen molar-refractivity contribution in [2.75, 3.05) is 39.8 Å². The van der Waals surface area contributed by atoms with Crippen LogP contribution in [-0.4, -0.2) is 50.4 Å². The van der Waals surface area contributed by atoms with Crippen molar-refractivity contribution in [3.63, 3.8) is 0 Å². The number of hydrogen-bond donors (Lipinski definition) is 1. The van der Waals surface area contributed by atoms with E-state index < -0.39 is 0 Å². The standard InChI is InChI=1S/C10H22N2O2/c1-5-12(6-2,7-3)8-9-14-10(13)11-4/h5-9H2,1-4H3/p+1. The maximum Gasteiger partial charge on any atom is 0.407 e. The average Bonchev–Trinajstić information content (AvgIpc) is 2.25. The summed E-state index contributed by atoms with van der Waals surface area (Å²) in [5.74, 6) is 0. The van der Waals surface area contributed by atoms with Crippen LogP contribution in [0.1, 0.15) is 20.8 Å². The molecule has 0 atom stereocenters. The fourth-order valence-corrected chi connectivity index (χ4v) is 1.55. The van der Waals surface area contributed by atoms with E-state index in [0.29, 0.717) is 6.61 Å². The molecule has 4 nitrogen and oxygen atoms in total. The molecule has 4 heteroatoms. The SMILES string of the molecule is CC[N+](CC)(CC)CCOC(=O)NC. The molecule has 0 aromatic carbocycles. The molecule has 0 saturated carbocycles. The Morgan fingerprint density at radius 1 is 1.21 bits per heavy atom. The van der Waals surface area contributed by atoms with Crippen molar-refractivity contribution in [1.82, 2.24) is 5.32 Å². The molecule has 0 bridgehead atoms. The molecule has 84 valence electrons. The quantitative estimate of drug-likeness (QED) is 0.659. The molecule has 14 heavy (non-hydrogen) atoms. The van der Waals surface area contributed by atoms with Gasteiger partial charge in [-0.1, -0.05) is 0 Å². The fraction of sp³-hybridized carbons (Fsp3) is 0.900. The first kappa shape index (κ1) is 13.2. The molecule has 0 radical (unpaired) electrons. The summed E-state index contributed by atoms with van der Waals surface area (Å²) in [5, 5.41) is 2.44. The maximum absolute atomic E-state index is 10.8. The van der Waals surface area contributed by atoms with E-state index in [1.54, 1.807) is 7.05 Å². The van der Waals surface area contributed by atoms with Gasteiger partial charge in [0.15, 0.2) is 0 Å². The highest BCUT2D eigenvalue weighted by molar-refractivity contribution is 5.66. The van der Waals surface area contributed by atoms with Crippen LogP contribution in [0.5, 0.6) is 0 Å². The van der Waals surface area contributed by atoms with E-state index in [1.807, 2.05) is 0 Å². The van der Waals surface area contributed by atoms with Crippen LogP contribution in [0.4, 0.5) is 4.79 Å². The van der Waals surface area contributed by atoms with Crippen molar-refractivity contribution in [3.05, 3.63) is 0 Å². The summed E-state index contributed by atoms with van der Waals surface area (Å²) < 4.78 is 6.00. The second-order valence-electron chi connectivity index (χ2n) is 3.40. The first-order valence-corrected chi connectivity index (χ1v) is 5.33. The lowest BCUT2D eigenvalue weighted by Gasteiger charge is -2.35. The highest BCUT2D eigenvalue weighted by Crippen LogP contribution is 2.04. The van der Waals surface area contributed by atoms with Gasteiger partial charge in [-0.3, -0.25) is 0 Å². The molecular formula is C10H23N2O2+. The van der Waals surface area contributed by atoms with Gasteiger partial charge in [0.2, 0.25) is 0 Å². The van der Waals surface area contributed by atoms with Gasteiger partial charge < -0.3 is 14.5 Å². The minimum absolute atomic E-state index is 0.341. The number of quaternary nitrogens is 1. The number of hydrogen-bond acceptors (Lipinski definition) is 2.